The first-order valence-corrected chi connectivity index (χ1v) is 5.64. The molecule has 6 heteroatoms. The Morgan fingerprint density at radius 3 is 3.00 bits per heavy atom. The van der Waals surface area contributed by atoms with Crippen LogP contribution in [0.1, 0.15) is 0 Å². The second-order valence-electron chi connectivity index (χ2n) is 3.31. The van der Waals surface area contributed by atoms with Gasteiger partial charge in [0.15, 0.2) is 5.13 Å². The SMILES string of the molecule is c1ncc2nc(N3CCOCC3)sc2n1. The number of morpholine rings is 1. The average molecular weight is 222 g/mol. The molecule has 1 saturated heterocycles. The van der Waals surface area contributed by atoms with Gasteiger partial charge in [0.1, 0.15) is 16.7 Å². The summed E-state index contributed by atoms with van der Waals surface area (Å²) in [6.07, 6.45) is 3.31. The number of nitrogens with zero attached hydrogens (tertiary/aromatic N) is 4. The van der Waals surface area contributed by atoms with Crippen LogP contribution >= 0.6 is 11.3 Å². The molecule has 2 aromatic heterocycles. The molecule has 0 aliphatic carbocycles. The topological polar surface area (TPSA) is 51.1 Å². The average Bonchev–Trinajstić information content (AvgIpc) is 2.74. The van der Waals surface area contributed by atoms with Crippen LogP contribution in [0.25, 0.3) is 10.3 Å². The van der Waals surface area contributed by atoms with Crippen molar-refractivity contribution in [1.82, 2.24) is 15.0 Å². The van der Waals surface area contributed by atoms with Crippen LogP contribution in [0.4, 0.5) is 5.13 Å². The van der Waals surface area contributed by atoms with Crippen LogP contribution in [0.15, 0.2) is 12.5 Å². The smallest absolute Gasteiger partial charge is 0.188 e. The zero-order valence-corrected chi connectivity index (χ0v) is 8.90. The van der Waals surface area contributed by atoms with E-state index in [9.17, 15) is 0 Å². The zero-order chi connectivity index (χ0) is 10.1. The van der Waals surface area contributed by atoms with Gasteiger partial charge in [-0.05, 0) is 0 Å². The molecule has 0 radical (unpaired) electrons. The van der Waals surface area contributed by atoms with Crippen molar-refractivity contribution in [2.24, 2.45) is 0 Å². The molecule has 78 valence electrons. The molecule has 0 N–H and O–H groups in total. The predicted octanol–water partition coefficient (Wildman–Crippen LogP) is 0.923. The summed E-state index contributed by atoms with van der Waals surface area (Å²) in [4.78, 5) is 15.8. The lowest BCUT2D eigenvalue weighted by molar-refractivity contribution is 0.122. The van der Waals surface area contributed by atoms with Gasteiger partial charge in [-0.15, -0.1) is 0 Å². The number of hydrogen-bond donors (Lipinski definition) is 0. The number of rotatable bonds is 1. The third kappa shape index (κ3) is 1.66. The maximum Gasteiger partial charge on any atom is 0.188 e. The molecule has 0 unspecified atom stereocenters. The van der Waals surface area contributed by atoms with Gasteiger partial charge in [-0.2, -0.15) is 0 Å². The number of ether oxygens (including phenoxy) is 1. The fraction of sp³-hybridized carbons (Fsp3) is 0.444. The third-order valence-corrected chi connectivity index (χ3v) is 3.38. The van der Waals surface area contributed by atoms with Gasteiger partial charge in [0.05, 0.1) is 19.4 Å². The molecule has 1 aliphatic rings. The second-order valence-corrected chi connectivity index (χ2v) is 4.26. The molecular weight excluding hydrogens is 212 g/mol. The highest BCUT2D eigenvalue weighted by Crippen LogP contribution is 2.26. The van der Waals surface area contributed by atoms with Crippen LogP contribution in [0.2, 0.25) is 0 Å². The Bertz CT molecular complexity index is 433. The fourth-order valence-electron chi connectivity index (χ4n) is 1.57. The summed E-state index contributed by atoms with van der Waals surface area (Å²) in [6, 6.07) is 0. The summed E-state index contributed by atoms with van der Waals surface area (Å²) in [5.74, 6) is 0. The summed E-state index contributed by atoms with van der Waals surface area (Å²) >= 11 is 1.61. The first-order chi connectivity index (χ1) is 7.43. The van der Waals surface area contributed by atoms with Gasteiger partial charge in [-0.3, -0.25) is 0 Å². The number of fused-ring (bicyclic) bond motifs is 1. The second kappa shape index (κ2) is 3.71. The highest BCUT2D eigenvalue weighted by Gasteiger charge is 2.15. The van der Waals surface area contributed by atoms with E-state index in [1.165, 1.54) is 0 Å². The lowest BCUT2D eigenvalue weighted by Crippen LogP contribution is -2.36. The van der Waals surface area contributed by atoms with Crippen molar-refractivity contribution in [2.75, 3.05) is 31.2 Å². The molecule has 0 amide bonds. The van der Waals surface area contributed by atoms with Crippen LogP contribution in [0, 0.1) is 0 Å². The summed E-state index contributed by atoms with van der Waals surface area (Å²) in [7, 11) is 0. The number of thiazole rings is 1. The molecule has 0 spiro atoms. The Kier molecular flexibility index (Phi) is 2.22. The summed E-state index contributed by atoms with van der Waals surface area (Å²) in [6.45, 7) is 3.38. The van der Waals surface area contributed by atoms with Crippen molar-refractivity contribution in [1.29, 1.82) is 0 Å². The van der Waals surface area contributed by atoms with E-state index < -0.39 is 0 Å². The molecule has 0 saturated carbocycles. The predicted molar refractivity (Wildman–Crippen MR) is 58.2 cm³/mol. The van der Waals surface area contributed by atoms with E-state index in [0.717, 1.165) is 41.8 Å². The molecule has 0 bridgehead atoms. The molecule has 3 heterocycles. The normalized spacial score (nSPS) is 17.2. The van der Waals surface area contributed by atoms with Gasteiger partial charge in [-0.1, -0.05) is 11.3 Å². The summed E-state index contributed by atoms with van der Waals surface area (Å²) in [5, 5.41) is 1.02. The Balaban J connectivity index is 1.96. The van der Waals surface area contributed by atoms with E-state index in [1.54, 1.807) is 23.9 Å². The van der Waals surface area contributed by atoms with Gasteiger partial charge < -0.3 is 9.64 Å². The number of hydrogen-bond acceptors (Lipinski definition) is 6. The molecular formula is C9H10N4OS. The van der Waals surface area contributed by atoms with Crippen molar-refractivity contribution >= 4 is 26.8 Å². The maximum absolute atomic E-state index is 5.30. The van der Waals surface area contributed by atoms with Gasteiger partial charge in [0.25, 0.3) is 0 Å². The first kappa shape index (κ1) is 8.99. The quantitative estimate of drug-likeness (QED) is 0.718. The van der Waals surface area contributed by atoms with Crippen LogP contribution in [0.5, 0.6) is 0 Å². The molecule has 15 heavy (non-hydrogen) atoms. The minimum Gasteiger partial charge on any atom is -0.378 e. The Morgan fingerprint density at radius 2 is 2.20 bits per heavy atom. The van der Waals surface area contributed by atoms with E-state index in [1.807, 2.05) is 0 Å². The Morgan fingerprint density at radius 1 is 1.33 bits per heavy atom. The molecule has 0 aromatic carbocycles. The molecule has 2 aromatic rings. The van der Waals surface area contributed by atoms with E-state index >= 15 is 0 Å². The highest BCUT2D eigenvalue weighted by atomic mass is 32.1. The van der Waals surface area contributed by atoms with Crippen LogP contribution in [-0.4, -0.2) is 41.3 Å². The lowest BCUT2D eigenvalue weighted by atomic mass is 10.5. The van der Waals surface area contributed by atoms with E-state index in [-0.39, 0.29) is 0 Å². The Hall–Kier alpha value is -1.27. The van der Waals surface area contributed by atoms with Crippen molar-refractivity contribution in [3.05, 3.63) is 12.5 Å². The fourth-order valence-corrected chi connectivity index (χ4v) is 2.50. The Labute approximate surface area is 90.7 Å². The van der Waals surface area contributed by atoms with E-state index in [0.29, 0.717) is 0 Å². The zero-order valence-electron chi connectivity index (χ0n) is 8.09. The van der Waals surface area contributed by atoms with E-state index in [2.05, 4.69) is 19.9 Å². The first-order valence-electron chi connectivity index (χ1n) is 4.83. The van der Waals surface area contributed by atoms with Gasteiger partial charge >= 0.3 is 0 Å². The van der Waals surface area contributed by atoms with Gasteiger partial charge in [-0.25, -0.2) is 15.0 Å². The molecule has 1 aliphatic heterocycles. The van der Waals surface area contributed by atoms with Gasteiger partial charge in [0.2, 0.25) is 0 Å². The molecule has 5 nitrogen and oxygen atoms in total. The van der Waals surface area contributed by atoms with Gasteiger partial charge in [0, 0.05) is 13.1 Å². The maximum atomic E-state index is 5.30. The van der Waals surface area contributed by atoms with Crippen molar-refractivity contribution in [3.63, 3.8) is 0 Å². The van der Waals surface area contributed by atoms with Crippen LogP contribution < -0.4 is 4.90 Å². The number of aromatic nitrogens is 3. The molecule has 1 fully saturated rings. The molecule has 0 atom stereocenters. The molecule has 3 rings (SSSR count). The highest BCUT2D eigenvalue weighted by molar-refractivity contribution is 7.21. The summed E-state index contributed by atoms with van der Waals surface area (Å²) in [5.41, 5.74) is 0.879. The minimum absolute atomic E-state index is 0.779. The monoisotopic (exact) mass is 222 g/mol. The summed E-state index contributed by atoms with van der Waals surface area (Å²) < 4.78 is 5.30. The lowest BCUT2D eigenvalue weighted by Gasteiger charge is -2.25. The third-order valence-electron chi connectivity index (χ3n) is 2.34. The number of anilines is 1. The van der Waals surface area contributed by atoms with Crippen LogP contribution in [-0.2, 0) is 4.74 Å². The van der Waals surface area contributed by atoms with Crippen molar-refractivity contribution < 1.29 is 4.74 Å². The van der Waals surface area contributed by atoms with Crippen molar-refractivity contribution in [2.45, 2.75) is 0 Å². The standard InChI is InChI=1S/C9H10N4OS/c1-3-14-4-2-13(1)9-12-7-5-10-6-11-8(7)15-9/h5-6H,1-4H2. The van der Waals surface area contributed by atoms with Crippen molar-refractivity contribution in [3.8, 4) is 0 Å². The van der Waals surface area contributed by atoms with Crippen LogP contribution in [0.3, 0.4) is 0 Å². The largest absolute Gasteiger partial charge is 0.378 e. The van der Waals surface area contributed by atoms with E-state index in [4.69, 9.17) is 4.74 Å². The minimum atomic E-state index is 0.779.